The number of nitrogens with zero attached hydrogens (tertiary/aromatic N) is 3. The molecule has 4 rings (SSSR count). The Bertz CT molecular complexity index is 1020. The van der Waals surface area contributed by atoms with E-state index in [0.29, 0.717) is 18.6 Å². The van der Waals surface area contributed by atoms with Gasteiger partial charge in [-0.05, 0) is 61.5 Å². The number of likely N-dealkylation sites (tertiary alicyclic amines) is 1. The molecule has 2 saturated heterocycles. The number of hydrogen-bond donors (Lipinski definition) is 2. The van der Waals surface area contributed by atoms with E-state index in [1.165, 1.54) is 12.8 Å². The quantitative estimate of drug-likeness (QED) is 0.480. The van der Waals surface area contributed by atoms with Gasteiger partial charge in [0, 0.05) is 25.1 Å². The van der Waals surface area contributed by atoms with Gasteiger partial charge in [-0.2, -0.15) is 26.3 Å². The Morgan fingerprint density at radius 3 is 2.12 bits per heavy atom. The number of halogens is 6. The predicted molar refractivity (Wildman–Crippen MR) is 127 cm³/mol. The molecule has 0 aliphatic carbocycles. The van der Waals surface area contributed by atoms with Crippen LogP contribution in [0.1, 0.15) is 30.5 Å². The van der Waals surface area contributed by atoms with Crippen LogP contribution in [0.25, 0.3) is 0 Å². The lowest BCUT2D eigenvalue weighted by Gasteiger charge is -2.38. The third kappa shape index (κ3) is 11.8. The van der Waals surface area contributed by atoms with E-state index in [0.717, 1.165) is 43.9 Å². The summed E-state index contributed by atoms with van der Waals surface area (Å²) in [5.74, 6) is -5.51. The number of rotatable bonds is 6. The highest BCUT2D eigenvalue weighted by atomic mass is 19.4. The highest BCUT2D eigenvalue weighted by Gasteiger charge is 2.42. The summed E-state index contributed by atoms with van der Waals surface area (Å²) in [6, 6.07) is 10.1. The van der Waals surface area contributed by atoms with Crippen LogP contribution >= 0.6 is 0 Å². The predicted octanol–water partition coefficient (Wildman–Crippen LogP) is 4.33. The van der Waals surface area contributed by atoms with Crippen LogP contribution in [-0.2, 0) is 32.2 Å². The highest BCUT2D eigenvalue weighted by molar-refractivity contribution is 5.73. The zero-order valence-corrected chi connectivity index (χ0v) is 21.2. The van der Waals surface area contributed by atoms with Gasteiger partial charge in [-0.15, -0.1) is 0 Å². The fraction of sp³-hybridized carbons (Fsp3) is 0.520. The maximum absolute atomic E-state index is 10.6. The number of carboxylic acids is 2. The molecule has 0 radical (unpaired) electrons. The van der Waals surface area contributed by atoms with Crippen LogP contribution in [0.2, 0.25) is 0 Å². The van der Waals surface area contributed by atoms with Crippen LogP contribution in [0.15, 0.2) is 48.9 Å². The summed E-state index contributed by atoms with van der Waals surface area (Å²) in [5.41, 5.74) is 2.62. The van der Waals surface area contributed by atoms with Crippen molar-refractivity contribution < 1.29 is 55.6 Å². The molecule has 1 atom stereocenters. The summed E-state index contributed by atoms with van der Waals surface area (Å²) in [5, 5.41) is 14.2. The Morgan fingerprint density at radius 2 is 1.62 bits per heavy atom. The topological polar surface area (TPSA) is 122 Å². The van der Waals surface area contributed by atoms with E-state index in [9.17, 15) is 26.3 Å². The second-order valence-corrected chi connectivity index (χ2v) is 9.22. The van der Waals surface area contributed by atoms with E-state index in [-0.39, 0.29) is 6.10 Å². The number of hydrogen-bond acceptors (Lipinski definition) is 7. The minimum atomic E-state index is -5.08. The van der Waals surface area contributed by atoms with Crippen LogP contribution in [0.5, 0.6) is 0 Å². The first kappa shape index (κ1) is 32.9. The SMILES string of the molecule is O=C(O)C(F)(F)F.O=C(O)C(F)(F)F.c1ccc(CN2CCC3(CC2)COC(COCc2cccnc2)C3)nc1. The molecule has 4 heterocycles. The summed E-state index contributed by atoms with van der Waals surface area (Å²) >= 11 is 0. The second-order valence-electron chi connectivity index (χ2n) is 9.22. The molecule has 0 aromatic carbocycles. The highest BCUT2D eigenvalue weighted by Crippen LogP contribution is 2.42. The van der Waals surface area contributed by atoms with Crippen molar-refractivity contribution in [3.63, 3.8) is 0 Å². The zero-order chi connectivity index (χ0) is 29.8. The van der Waals surface area contributed by atoms with Gasteiger partial charge in [-0.1, -0.05) is 12.1 Å². The summed E-state index contributed by atoms with van der Waals surface area (Å²) < 4.78 is 75.4. The van der Waals surface area contributed by atoms with Crippen molar-refractivity contribution in [2.75, 3.05) is 26.3 Å². The average molecular weight is 582 g/mol. The maximum Gasteiger partial charge on any atom is 0.490 e. The summed E-state index contributed by atoms with van der Waals surface area (Å²) in [7, 11) is 0. The lowest BCUT2D eigenvalue weighted by atomic mass is 9.76. The van der Waals surface area contributed by atoms with Crippen molar-refractivity contribution in [3.8, 4) is 0 Å². The van der Waals surface area contributed by atoms with E-state index in [1.54, 1.807) is 6.20 Å². The average Bonchev–Trinajstić information content (AvgIpc) is 3.29. The van der Waals surface area contributed by atoms with Crippen molar-refractivity contribution in [2.24, 2.45) is 5.41 Å². The van der Waals surface area contributed by atoms with E-state index in [2.05, 4.69) is 27.0 Å². The van der Waals surface area contributed by atoms with Gasteiger partial charge >= 0.3 is 24.3 Å². The fourth-order valence-electron chi connectivity index (χ4n) is 4.05. The first-order valence-corrected chi connectivity index (χ1v) is 12.0. The number of aliphatic carboxylic acids is 2. The molecule has 2 aliphatic heterocycles. The number of pyridine rings is 2. The molecule has 2 N–H and O–H groups in total. The van der Waals surface area contributed by atoms with Gasteiger partial charge in [0.2, 0.25) is 0 Å². The van der Waals surface area contributed by atoms with E-state index in [4.69, 9.17) is 29.3 Å². The number of carboxylic acid groups (broad SMARTS) is 2. The fourth-order valence-corrected chi connectivity index (χ4v) is 4.05. The van der Waals surface area contributed by atoms with Gasteiger partial charge in [0.15, 0.2) is 0 Å². The Balaban J connectivity index is 0.000000333. The minimum Gasteiger partial charge on any atom is -0.475 e. The molecule has 9 nitrogen and oxygen atoms in total. The van der Waals surface area contributed by atoms with Crippen LogP contribution in [0.4, 0.5) is 26.3 Å². The first-order chi connectivity index (χ1) is 18.7. The Morgan fingerprint density at radius 1 is 1.00 bits per heavy atom. The molecule has 2 aromatic rings. The normalized spacial score (nSPS) is 18.7. The molecule has 15 heteroatoms. The van der Waals surface area contributed by atoms with Crippen LogP contribution in [0.3, 0.4) is 0 Å². The molecule has 1 unspecified atom stereocenters. The number of alkyl halides is 6. The number of ether oxygens (including phenoxy) is 2. The Hall–Kier alpha value is -3.30. The van der Waals surface area contributed by atoms with Crippen LogP contribution in [-0.4, -0.2) is 81.8 Å². The molecule has 0 bridgehead atoms. The Kier molecular flexibility index (Phi) is 12.3. The summed E-state index contributed by atoms with van der Waals surface area (Å²) in [6.07, 6.45) is -0.882. The molecular formula is C25H29F6N3O6. The first-order valence-electron chi connectivity index (χ1n) is 12.0. The monoisotopic (exact) mass is 581 g/mol. The maximum atomic E-state index is 10.6. The minimum absolute atomic E-state index is 0.231. The second kappa shape index (κ2) is 14.9. The van der Waals surface area contributed by atoms with Gasteiger partial charge in [0.05, 0.1) is 31.6 Å². The van der Waals surface area contributed by atoms with Gasteiger partial charge in [0.25, 0.3) is 0 Å². The van der Waals surface area contributed by atoms with E-state index < -0.39 is 24.3 Å². The Labute approximate surface area is 225 Å². The van der Waals surface area contributed by atoms with Crippen molar-refractivity contribution >= 4 is 11.9 Å². The zero-order valence-electron chi connectivity index (χ0n) is 21.2. The largest absolute Gasteiger partial charge is 0.490 e. The molecule has 1 spiro atoms. The van der Waals surface area contributed by atoms with Gasteiger partial charge < -0.3 is 19.7 Å². The molecule has 222 valence electrons. The summed E-state index contributed by atoms with van der Waals surface area (Å²) in [4.78, 5) is 28.9. The summed E-state index contributed by atoms with van der Waals surface area (Å²) in [6.45, 7) is 5.38. The van der Waals surface area contributed by atoms with Gasteiger partial charge in [-0.3, -0.25) is 14.9 Å². The van der Waals surface area contributed by atoms with Crippen molar-refractivity contribution in [2.45, 2.75) is 50.9 Å². The van der Waals surface area contributed by atoms with Crippen LogP contribution < -0.4 is 0 Å². The molecule has 0 saturated carbocycles. The number of piperidine rings is 1. The number of aromatic nitrogens is 2. The van der Waals surface area contributed by atoms with Crippen molar-refractivity contribution in [1.82, 2.24) is 14.9 Å². The molecule has 0 amide bonds. The van der Waals surface area contributed by atoms with Gasteiger partial charge in [0.1, 0.15) is 0 Å². The lowest BCUT2D eigenvalue weighted by Crippen LogP contribution is -2.40. The van der Waals surface area contributed by atoms with Crippen molar-refractivity contribution in [3.05, 3.63) is 60.2 Å². The molecular weight excluding hydrogens is 552 g/mol. The lowest BCUT2D eigenvalue weighted by molar-refractivity contribution is -0.193. The smallest absolute Gasteiger partial charge is 0.475 e. The third-order valence-corrected chi connectivity index (χ3v) is 6.09. The van der Waals surface area contributed by atoms with Crippen LogP contribution in [0, 0.1) is 5.41 Å². The van der Waals surface area contributed by atoms with Crippen molar-refractivity contribution in [1.29, 1.82) is 0 Å². The van der Waals surface area contributed by atoms with Gasteiger partial charge in [-0.25, -0.2) is 9.59 Å². The standard InChI is InChI=1S/C21H27N3O2.2C2HF3O2/c1-2-9-23-19(5-1)14-24-10-6-21(7-11-24)12-20(26-17-21)16-25-15-18-4-3-8-22-13-18;2*3-2(4,5)1(6)7/h1-5,8-9,13,20H,6-7,10-12,14-17H2;2*(H,6,7). The molecule has 2 aliphatic rings. The third-order valence-electron chi connectivity index (χ3n) is 6.09. The van der Waals surface area contributed by atoms with E-state index in [1.807, 2.05) is 30.6 Å². The number of carbonyl (C=O) groups is 2. The molecule has 2 fully saturated rings. The molecule has 40 heavy (non-hydrogen) atoms. The van der Waals surface area contributed by atoms with E-state index >= 15 is 0 Å². The molecule has 2 aromatic heterocycles.